The lowest BCUT2D eigenvalue weighted by molar-refractivity contribution is -0.286. The van der Waals surface area contributed by atoms with Gasteiger partial charge in [0.25, 0.3) is 5.91 Å². The number of aromatic amines is 1. The van der Waals surface area contributed by atoms with Crippen LogP contribution in [-0.2, 0) is 4.74 Å². The fourth-order valence-electron chi connectivity index (χ4n) is 4.17. The second-order valence-corrected chi connectivity index (χ2v) is 8.00. The number of nitrogens with two attached hydrogens (primary N) is 1. The minimum Gasteiger partial charge on any atom is -0.402 e. The third-order valence-corrected chi connectivity index (χ3v) is 5.81. The van der Waals surface area contributed by atoms with Crippen molar-refractivity contribution in [3.63, 3.8) is 0 Å². The fourth-order valence-corrected chi connectivity index (χ4v) is 4.17. The van der Waals surface area contributed by atoms with Crippen LogP contribution in [0.15, 0.2) is 42.2 Å². The van der Waals surface area contributed by atoms with Crippen LogP contribution in [-0.4, -0.2) is 53.0 Å². The molecule has 2 aliphatic rings. The summed E-state index contributed by atoms with van der Waals surface area (Å²) in [5, 5.41) is 8.19. The quantitative estimate of drug-likeness (QED) is 0.503. The molecule has 1 fully saturated rings. The fraction of sp³-hybridized carbons (Fsp3) is 0.261. The van der Waals surface area contributed by atoms with Gasteiger partial charge in [0.15, 0.2) is 11.5 Å². The number of morpholine rings is 1. The topological polar surface area (TPSA) is 127 Å². The van der Waals surface area contributed by atoms with Crippen molar-refractivity contribution in [2.45, 2.75) is 19.3 Å². The molecule has 2 aliphatic heterocycles. The van der Waals surface area contributed by atoms with Crippen LogP contribution in [0.3, 0.4) is 0 Å². The molecular formula is C23H21F2N5O4. The summed E-state index contributed by atoms with van der Waals surface area (Å²) in [7, 11) is 0. The van der Waals surface area contributed by atoms with Crippen molar-refractivity contribution in [1.82, 2.24) is 14.9 Å². The van der Waals surface area contributed by atoms with Gasteiger partial charge in [-0.1, -0.05) is 6.07 Å². The van der Waals surface area contributed by atoms with E-state index < -0.39 is 12.3 Å². The maximum absolute atomic E-state index is 13.6. The van der Waals surface area contributed by atoms with Crippen LogP contribution >= 0.6 is 0 Å². The van der Waals surface area contributed by atoms with Gasteiger partial charge in [-0.05, 0) is 36.8 Å². The van der Waals surface area contributed by atoms with Gasteiger partial charge in [-0.2, -0.15) is 0 Å². The molecule has 11 heteroatoms. The van der Waals surface area contributed by atoms with Crippen molar-refractivity contribution in [3.05, 3.63) is 59.0 Å². The van der Waals surface area contributed by atoms with Gasteiger partial charge in [0.1, 0.15) is 5.65 Å². The van der Waals surface area contributed by atoms with Crippen LogP contribution in [0, 0.1) is 5.41 Å². The number of aromatic nitrogens is 2. The van der Waals surface area contributed by atoms with E-state index in [1.54, 1.807) is 36.2 Å². The molecule has 0 spiro atoms. The van der Waals surface area contributed by atoms with Gasteiger partial charge in [-0.15, -0.1) is 8.78 Å². The summed E-state index contributed by atoms with van der Waals surface area (Å²) in [6, 6.07) is 7.42. The number of H-pyrrole nitrogens is 1. The second-order valence-electron chi connectivity index (χ2n) is 8.00. The first-order chi connectivity index (χ1) is 16.3. The summed E-state index contributed by atoms with van der Waals surface area (Å²) in [5.74, 6) is -0.405. The first kappa shape index (κ1) is 21.8. The van der Waals surface area contributed by atoms with E-state index in [9.17, 15) is 13.6 Å². The number of hydrogen-bond donors (Lipinski definition) is 3. The highest BCUT2D eigenvalue weighted by Gasteiger charge is 2.44. The molecule has 4 heterocycles. The van der Waals surface area contributed by atoms with Crippen molar-refractivity contribution < 1.29 is 27.8 Å². The number of carbonyl (C=O) groups excluding carboxylic acids is 1. The predicted octanol–water partition coefficient (Wildman–Crippen LogP) is 3.44. The number of nitrogens with one attached hydrogen (secondary N) is 2. The molecule has 5 rings (SSSR count). The van der Waals surface area contributed by atoms with Crippen LogP contribution in [0.1, 0.15) is 34.6 Å². The van der Waals surface area contributed by atoms with Crippen LogP contribution in [0.25, 0.3) is 16.6 Å². The molecule has 2 aromatic heterocycles. The molecule has 1 amide bonds. The molecule has 0 saturated carbocycles. The van der Waals surface area contributed by atoms with Crippen molar-refractivity contribution in [3.8, 4) is 11.5 Å². The average Bonchev–Trinajstić information content (AvgIpc) is 3.37. The molecule has 1 saturated heterocycles. The van der Waals surface area contributed by atoms with E-state index in [-0.39, 0.29) is 24.0 Å². The lowest BCUT2D eigenvalue weighted by Gasteiger charge is -2.36. The SMILES string of the molecule is C/C(N)=C(/C=N)c1ccc2c(C(=O)N3CCOCC3c3ccc4c(c3)OC(F)(F)O4)c[nH]c2n1. The molecule has 0 aliphatic carbocycles. The molecule has 4 N–H and O–H groups in total. The molecule has 1 unspecified atom stereocenters. The Morgan fingerprint density at radius 1 is 1.29 bits per heavy atom. The Balaban J connectivity index is 1.47. The van der Waals surface area contributed by atoms with Crippen molar-refractivity contribution in [2.24, 2.45) is 5.73 Å². The van der Waals surface area contributed by atoms with E-state index in [1.807, 2.05) is 0 Å². The smallest absolute Gasteiger partial charge is 0.402 e. The Morgan fingerprint density at radius 2 is 2.09 bits per heavy atom. The summed E-state index contributed by atoms with van der Waals surface area (Å²) in [6.07, 6.45) is -0.998. The van der Waals surface area contributed by atoms with E-state index in [2.05, 4.69) is 19.4 Å². The first-order valence-corrected chi connectivity index (χ1v) is 10.5. The van der Waals surface area contributed by atoms with Gasteiger partial charge < -0.3 is 35.2 Å². The zero-order valence-electron chi connectivity index (χ0n) is 18.1. The zero-order valence-corrected chi connectivity index (χ0v) is 18.1. The third kappa shape index (κ3) is 3.73. The van der Waals surface area contributed by atoms with Crippen LogP contribution in [0.5, 0.6) is 11.5 Å². The van der Waals surface area contributed by atoms with E-state index >= 15 is 0 Å². The Morgan fingerprint density at radius 3 is 2.85 bits per heavy atom. The minimum absolute atomic E-state index is 0.0621. The number of hydrogen-bond acceptors (Lipinski definition) is 7. The highest BCUT2D eigenvalue weighted by Crippen LogP contribution is 2.43. The molecular weight excluding hydrogens is 448 g/mol. The van der Waals surface area contributed by atoms with Crippen molar-refractivity contribution in [1.29, 1.82) is 5.41 Å². The van der Waals surface area contributed by atoms with E-state index in [0.29, 0.717) is 52.3 Å². The summed E-state index contributed by atoms with van der Waals surface area (Å²) >= 11 is 0. The molecule has 0 bridgehead atoms. The number of rotatable bonds is 4. The Hall–Kier alpha value is -3.99. The number of benzene rings is 1. The molecule has 1 aromatic carbocycles. The van der Waals surface area contributed by atoms with Crippen LogP contribution < -0.4 is 15.2 Å². The number of halogens is 2. The number of ether oxygens (including phenoxy) is 3. The van der Waals surface area contributed by atoms with Crippen molar-refractivity contribution >= 4 is 28.7 Å². The summed E-state index contributed by atoms with van der Waals surface area (Å²) in [4.78, 5) is 22.7. The van der Waals surface area contributed by atoms with E-state index in [1.165, 1.54) is 12.1 Å². The first-order valence-electron chi connectivity index (χ1n) is 10.5. The lowest BCUT2D eigenvalue weighted by atomic mass is 10.0. The standard InChI is InChI=1S/C23H21F2N5O4/c1-12(27)15(9-26)17-4-3-14-16(10-28-21(14)29-17)22(31)30-6-7-32-11-18(30)13-2-5-19-20(8-13)34-23(24,25)33-19/h2-5,8-10,18,26H,6-7,11,27H2,1H3,(H,28,29)/b15-12+,26-9?. The van der Waals surface area contributed by atoms with E-state index in [0.717, 1.165) is 6.21 Å². The van der Waals surface area contributed by atoms with Gasteiger partial charge in [0, 0.05) is 35.6 Å². The van der Waals surface area contributed by atoms with Crippen LogP contribution in [0.2, 0.25) is 0 Å². The van der Waals surface area contributed by atoms with Gasteiger partial charge in [-0.25, -0.2) is 4.98 Å². The second kappa shape index (κ2) is 8.10. The van der Waals surface area contributed by atoms with Gasteiger partial charge in [0.2, 0.25) is 0 Å². The summed E-state index contributed by atoms with van der Waals surface area (Å²) in [6.45, 7) is 2.56. The molecule has 1 atom stereocenters. The number of alkyl halides is 2. The number of allylic oxidation sites excluding steroid dienone is 2. The summed E-state index contributed by atoms with van der Waals surface area (Å²) in [5.41, 5.74) is 8.80. The highest BCUT2D eigenvalue weighted by atomic mass is 19.3. The number of amides is 1. The number of carbonyl (C=O) groups is 1. The van der Waals surface area contributed by atoms with Gasteiger partial charge in [-0.3, -0.25) is 4.79 Å². The normalized spacial score (nSPS) is 19.7. The number of fused-ring (bicyclic) bond motifs is 2. The van der Waals surface area contributed by atoms with E-state index in [4.69, 9.17) is 15.9 Å². The predicted molar refractivity (Wildman–Crippen MR) is 119 cm³/mol. The molecule has 0 radical (unpaired) electrons. The summed E-state index contributed by atoms with van der Waals surface area (Å²) < 4.78 is 41.5. The maximum atomic E-state index is 13.6. The van der Waals surface area contributed by atoms with Crippen LogP contribution in [0.4, 0.5) is 8.78 Å². The maximum Gasteiger partial charge on any atom is 0.586 e. The third-order valence-electron chi connectivity index (χ3n) is 5.81. The van der Waals surface area contributed by atoms with Gasteiger partial charge in [0.05, 0.1) is 30.5 Å². The average molecular weight is 469 g/mol. The Bertz CT molecular complexity index is 1330. The molecule has 176 valence electrons. The minimum atomic E-state index is -3.72. The molecule has 34 heavy (non-hydrogen) atoms. The largest absolute Gasteiger partial charge is 0.586 e. The number of nitrogens with zero attached hydrogens (tertiary/aromatic N) is 2. The molecule has 3 aromatic rings. The monoisotopic (exact) mass is 469 g/mol. The Labute approximate surface area is 192 Å². The highest BCUT2D eigenvalue weighted by molar-refractivity contribution is 6.10. The van der Waals surface area contributed by atoms with Gasteiger partial charge >= 0.3 is 6.29 Å². The Kier molecular flexibility index (Phi) is 5.20. The zero-order chi connectivity index (χ0) is 24.0. The lowest BCUT2D eigenvalue weighted by Crippen LogP contribution is -2.43. The molecule has 9 nitrogen and oxygen atoms in total. The van der Waals surface area contributed by atoms with Crippen molar-refractivity contribution in [2.75, 3.05) is 19.8 Å². The number of pyridine rings is 1.